The molecule has 1 saturated carbocycles. The number of halogens is 3. The Kier molecular flexibility index (Phi) is 3.82. The lowest BCUT2D eigenvalue weighted by Crippen LogP contribution is -2.41. The first kappa shape index (κ1) is 14.3. The molecule has 1 aliphatic rings. The van der Waals surface area contributed by atoms with Crippen molar-refractivity contribution in [3.05, 3.63) is 29.6 Å². The first-order valence-corrected chi connectivity index (χ1v) is 6.29. The van der Waals surface area contributed by atoms with Crippen molar-refractivity contribution >= 4 is 0 Å². The molecule has 1 heterocycles. The maximum Gasteiger partial charge on any atom is 0.416 e. The summed E-state index contributed by atoms with van der Waals surface area (Å²) < 4.78 is 39.2. The molecule has 1 fully saturated rings. The quantitative estimate of drug-likeness (QED) is 0.869. The normalized spacial score (nSPS) is 28.4. The van der Waals surface area contributed by atoms with E-state index >= 15 is 0 Å². The maximum absolute atomic E-state index is 13.1. The van der Waals surface area contributed by atoms with Crippen LogP contribution >= 0.6 is 0 Å². The number of aliphatic hydroxyl groups is 1. The molecule has 2 rings (SSSR count). The molecule has 0 unspecified atom stereocenters. The van der Waals surface area contributed by atoms with Crippen molar-refractivity contribution < 1.29 is 18.3 Å². The third-order valence-electron chi connectivity index (χ3n) is 4.00. The topological polar surface area (TPSA) is 59.1 Å². The summed E-state index contributed by atoms with van der Waals surface area (Å²) in [4.78, 5) is 3.83. The van der Waals surface area contributed by atoms with Crippen LogP contribution < -0.4 is 5.73 Å². The summed E-state index contributed by atoms with van der Waals surface area (Å²) in [6.07, 6.45) is -0.560. The molecule has 1 aromatic rings. The highest BCUT2D eigenvalue weighted by Gasteiger charge is 2.42. The Balaban J connectivity index is 2.44. The minimum Gasteiger partial charge on any atom is -0.393 e. The Bertz CT molecular complexity index is 440. The molecule has 0 spiro atoms. The molecule has 0 radical (unpaired) electrons. The van der Waals surface area contributed by atoms with Gasteiger partial charge in [-0.2, -0.15) is 13.2 Å². The molecule has 6 heteroatoms. The number of aliphatic hydroxyl groups excluding tert-OH is 1. The molecule has 106 valence electrons. The predicted molar refractivity (Wildman–Crippen MR) is 64.4 cm³/mol. The second-order valence-electron chi connectivity index (χ2n) is 5.13. The molecule has 0 atom stereocenters. The zero-order valence-corrected chi connectivity index (χ0v) is 10.5. The van der Waals surface area contributed by atoms with Gasteiger partial charge < -0.3 is 10.8 Å². The Morgan fingerprint density at radius 1 is 1.37 bits per heavy atom. The van der Waals surface area contributed by atoms with E-state index in [2.05, 4.69) is 4.98 Å². The first-order valence-electron chi connectivity index (χ1n) is 6.29. The van der Waals surface area contributed by atoms with E-state index in [-0.39, 0.29) is 12.1 Å². The summed E-state index contributed by atoms with van der Waals surface area (Å²) in [6.45, 7) is 0.133. The summed E-state index contributed by atoms with van der Waals surface area (Å²) in [5.41, 5.74) is 4.53. The Hall–Kier alpha value is -1.14. The fraction of sp³-hybridized carbons (Fsp3) is 0.615. The number of hydrogen-bond acceptors (Lipinski definition) is 3. The maximum atomic E-state index is 13.1. The van der Waals surface area contributed by atoms with Crippen molar-refractivity contribution in [1.29, 1.82) is 0 Å². The van der Waals surface area contributed by atoms with Crippen molar-refractivity contribution in [2.24, 2.45) is 5.73 Å². The van der Waals surface area contributed by atoms with Gasteiger partial charge in [-0.05, 0) is 37.3 Å². The van der Waals surface area contributed by atoms with Gasteiger partial charge in [0.15, 0.2) is 0 Å². The van der Waals surface area contributed by atoms with Crippen molar-refractivity contribution in [3.8, 4) is 0 Å². The molecular weight excluding hydrogens is 257 g/mol. The SMILES string of the molecule is NCC1(c2cnccc2C(F)(F)F)CCC(O)CC1. The van der Waals surface area contributed by atoms with Crippen LogP contribution in [0.4, 0.5) is 13.2 Å². The van der Waals surface area contributed by atoms with Crippen LogP contribution in [0.5, 0.6) is 0 Å². The van der Waals surface area contributed by atoms with Gasteiger partial charge in [-0.15, -0.1) is 0 Å². The summed E-state index contributed by atoms with van der Waals surface area (Å²) in [5.74, 6) is 0. The molecular formula is C13H17F3N2O. The van der Waals surface area contributed by atoms with Crippen LogP contribution in [0.3, 0.4) is 0 Å². The lowest BCUT2D eigenvalue weighted by atomic mass is 9.68. The zero-order valence-electron chi connectivity index (χ0n) is 10.5. The third kappa shape index (κ3) is 2.74. The lowest BCUT2D eigenvalue weighted by Gasteiger charge is -2.39. The molecule has 0 aromatic carbocycles. The largest absolute Gasteiger partial charge is 0.416 e. The van der Waals surface area contributed by atoms with E-state index in [9.17, 15) is 18.3 Å². The summed E-state index contributed by atoms with van der Waals surface area (Å²) in [5, 5.41) is 9.53. The average Bonchev–Trinajstić information content (AvgIpc) is 2.39. The van der Waals surface area contributed by atoms with Gasteiger partial charge in [0.1, 0.15) is 0 Å². The van der Waals surface area contributed by atoms with Crippen molar-refractivity contribution in [3.63, 3.8) is 0 Å². The lowest BCUT2D eigenvalue weighted by molar-refractivity contribution is -0.139. The number of pyridine rings is 1. The summed E-state index contributed by atoms with van der Waals surface area (Å²) >= 11 is 0. The highest BCUT2D eigenvalue weighted by atomic mass is 19.4. The molecule has 0 amide bonds. The summed E-state index contributed by atoms with van der Waals surface area (Å²) in [6, 6.07) is 0.998. The van der Waals surface area contributed by atoms with Gasteiger partial charge in [0.05, 0.1) is 11.7 Å². The van der Waals surface area contributed by atoms with Gasteiger partial charge in [0.2, 0.25) is 0 Å². The monoisotopic (exact) mass is 274 g/mol. The van der Waals surface area contributed by atoms with E-state index in [1.165, 1.54) is 6.20 Å². The molecule has 3 nitrogen and oxygen atoms in total. The number of nitrogens with two attached hydrogens (primary N) is 1. The molecule has 0 aliphatic heterocycles. The minimum atomic E-state index is -4.41. The van der Waals surface area contributed by atoms with E-state index in [1.54, 1.807) is 0 Å². The Labute approximate surface area is 109 Å². The highest BCUT2D eigenvalue weighted by molar-refractivity contribution is 5.35. The second kappa shape index (κ2) is 5.09. The Morgan fingerprint density at radius 2 is 2.00 bits per heavy atom. The van der Waals surface area contributed by atoms with E-state index in [4.69, 9.17) is 5.73 Å². The number of hydrogen-bond donors (Lipinski definition) is 2. The number of alkyl halides is 3. The minimum absolute atomic E-state index is 0.133. The van der Waals surface area contributed by atoms with Crippen LogP contribution in [-0.2, 0) is 11.6 Å². The first-order chi connectivity index (χ1) is 8.89. The summed E-state index contributed by atoms with van der Waals surface area (Å²) in [7, 11) is 0. The molecule has 19 heavy (non-hydrogen) atoms. The second-order valence-corrected chi connectivity index (χ2v) is 5.13. The fourth-order valence-corrected chi connectivity index (χ4v) is 2.80. The van der Waals surface area contributed by atoms with Crippen molar-refractivity contribution in [2.45, 2.75) is 43.4 Å². The van der Waals surface area contributed by atoms with Crippen LogP contribution in [0.25, 0.3) is 0 Å². The van der Waals surface area contributed by atoms with Crippen LogP contribution in [-0.4, -0.2) is 22.7 Å². The van der Waals surface area contributed by atoms with Gasteiger partial charge in [-0.3, -0.25) is 4.98 Å². The zero-order chi connectivity index (χ0) is 14.1. The van der Waals surface area contributed by atoms with Gasteiger partial charge in [0.25, 0.3) is 0 Å². The molecule has 0 bridgehead atoms. The third-order valence-corrected chi connectivity index (χ3v) is 4.00. The molecule has 3 N–H and O–H groups in total. The van der Waals surface area contributed by atoms with Gasteiger partial charge in [-0.1, -0.05) is 0 Å². The van der Waals surface area contributed by atoms with Crippen molar-refractivity contribution in [2.75, 3.05) is 6.54 Å². The standard InChI is InChI=1S/C13H17F3N2O/c14-13(15,16)10-3-6-18-7-11(10)12(8-17)4-1-9(19)2-5-12/h3,6-7,9,19H,1-2,4-5,8,17H2. The van der Waals surface area contributed by atoms with Crippen LogP contribution in [0.1, 0.15) is 36.8 Å². The average molecular weight is 274 g/mol. The van der Waals surface area contributed by atoms with E-state index < -0.39 is 23.3 Å². The van der Waals surface area contributed by atoms with Gasteiger partial charge in [0, 0.05) is 24.4 Å². The number of nitrogens with zero attached hydrogens (tertiary/aromatic N) is 1. The molecule has 1 aromatic heterocycles. The number of rotatable bonds is 2. The Morgan fingerprint density at radius 3 is 2.53 bits per heavy atom. The van der Waals surface area contributed by atoms with Crippen molar-refractivity contribution in [1.82, 2.24) is 4.98 Å². The van der Waals surface area contributed by atoms with Gasteiger partial charge >= 0.3 is 6.18 Å². The smallest absolute Gasteiger partial charge is 0.393 e. The molecule has 1 aliphatic carbocycles. The van der Waals surface area contributed by atoms with E-state index in [1.807, 2.05) is 0 Å². The molecule has 0 saturated heterocycles. The fourth-order valence-electron chi connectivity index (χ4n) is 2.80. The van der Waals surface area contributed by atoms with Crippen LogP contribution in [0.15, 0.2) is 18.5 Å². The van der Waals surface area contributed by atoms with Gasteiger partial charge in [-0.25, -0.2) is 0 Å². The predicted octanol–water partition coefficient (Wildman–Crippen LogP) is 2.23. The van der Waals surface area contributed by atoms with E-state index in [0.717, 1.165) is 12.3 Å². The highest BCUT2D eigenvalue weighted by Crippen LogP contribution is 2.43. The van der Waals surface area contributed by atoms with Crippen LogP contribution in [0, 0.1) is 0 Å². The number of aromatic nitrogens is 1. The van der Waals surface area contributed by atoms with Crippen LogP contribution in [0.2, 0.25) is 0 Å². The van der Waals surface area contributed by atoms with E-state index in [0.29, 0.717) is 25.7 Å².